The monoisotopic (exact) mass is 265 g/mol. The molecule has 0 spiro atoms. The zero-order chi connectivity index (χ0) is 11.8. The topological polar surface area (TPSA) is 55.1 Å². The van der Waals surface area contributed by atoms with Gasteiger partial charge in [0.15, 0.2) is 10.9 Å². The first-order valence-electron chi connectivity index (χ1n) is 4.93. The lowest BCUT2D eigenvalue weighted by atomic mass is 10.5. The molecule has 0 bridgehead atoms. The number of nitrogens with one attached hydrogen (secondary N) is 1. The van der Waals surface area contributed by atoms with Gasteiger partial charge >= 0.3 is 0 Å². The maximum absolute atomic E-state index is 5.85. The van der Waals surface area contributed by atoms with E-state index in [1.165, 1.54) is 0 Å². The van der Waals surface area contributed by atoms with Gasteiger partial charge in [-0.05, 0) is 30.7 Å². The van der Waals surface area contributed by atoms with E-state index in [1.807, 2.05) is 31.5 Å². The van der Waals surface area contributed by atoms with Crippen LogP contribution >= 0.6 is 22.9 Å². The maximum atomic E-state index is 5.85. The SMILES string of the molecule is Cc1cnc(Nc2nc(Cl)nn3cccc23)s1. The zero-order valence-corrected chi connectivity index (χ0v) is 10.5. The van der Waals surface area contributed by atoms with E-state index < -0.39 is 0 Å². The van der Waals surface area contributed by atoms with Gasteiger partial charge in [0.25, 0.3) is 0 Å². The number of thiazole rings is 1. The summed E-state index contributed by atoms with van der Waals surface area (Å²) in [4.78, 5) is 9.53. The van der Waals surface area contributed by atoms with Crippen LogP contribution in [0.25, 0.3) is 5.52 Å². The van der Waals surface area contributed by atoms with Gasteiger partial charge in [0.2, 0.25) is 5.28 Å². The summed E-state index contributed by atoms with van der Waals surface area (Å²) in [5, 5.41) is 8.19. The number of fused-ring (bicyclic) bond motifs is 1. The summed E-state index contributed by atoms with van der Waals surface area (Å²) >= 11 is 7.42. The summed E-state index contributed by atoms with van der Waals surface area (Å²) in [5.41, 5.74) is 0.863. The largest absolute Gasteiger partial charge is 0.314 e. The van der Waals surface area contributed by atoms with Crippen LogP contribution in [-0.2, 0) is 0 Å². The van der Waals surface area contributed by atoms with Crippen LogP contribution in [-0.4, -0.2) is 19.6 Å². The fourth-order valence-electron chi connectivity index (χ4n) is 1.51. The second-order valence-corrected chi connectivity index (χ2v) is 5.04. The van der Waals surface area contributed by atoms with Crippen LogP contribution in [0.3, 0.4) is 0 Å². The first-order valence-corrected chi connectivity index (χ1v) is 6.12. The molecule has 0 radical (unpaired) electrons. The Morgan fingerprint density at radius 2 is 2.35 bits per heavy atom. The van der Waals surface area contributed by atoms with Gasteiger partial charge in [0, 0.05) is 17.3 Å². The van der Waals surface area contributed by atoms with Gasteiger partial charge in [0.1, 0.15) is 5.52 Å². The highest BCUT2D eigenvalue weighted by molar-refractivity contribution is 7.15. The van der Waals surface area contributed by atoms with Crippen molar-refractivity contribution < 1.29 is 0 Å². The molecule has 3 aromatic heterocycles. The van der Waals surface area contributed by atoms with Crippen molar-refractivity contribution in [2.75, 3.05) is 5.32 Å². The Morgan fingerprint density at radius 3 is 3.12 bits per heavy atom. The Labute approximate surface area is 106 Å². The van der Waals surface area contributed by atoms with Crippen LogP contribution in [0.5, 0.6) is 0 Å². The van der Waals surface area contributed by atoms with Gasteiger partial charge in [-0.1, -0.05) is 0 Å². The van der Waals surface area contributed by atoms with E-state index in [4.69, 9.17) is 11.6 Å². The Hall–Kier alpha value is -1.66. The molecule has 0 saturated carbocycles. The molecule has 0 unspecified atom stereocenters. The van der Waals surface area contributed by atoms with Crippen LogP contribution in [0.15, 0.2) is 24.5 Å². The van der Waals surface area contributed by atoms with Crippen molar-refractivity contribution >= 4 is 39.4 Å². The van der Waals surface area contributed by atoms with Gasteiger partial charge in [-0.15, -0.1) is 16.4 Å². The van der Waals surface area contributed by atoms with E-state index in [0.29, 0.717) is 5.82 Å². The number of anilines is 2. The first kappa shape index (κ1) is 10.5. The van der Waals surface area contributed by atoms with Gasteiger partial charge in [-0.2, -0.15) is 4.98 Å². The highest BCUT2D eigenvalue weighted by atomic mass is 35.5. The molecule has 86 valence electrons. The third-order valence-electron chi connectivity index (χ3n) is 2.21. The molecule has 0 fully saturated rings. The second-order valence-electron chi connectivity index (χ2n) is 3.47. The molecule has 5 nitrogen and oxygen atoms in total. The van der Waals surface area contributed by atoms with Crippen molar-refractivity contribution in [2.45, 2.75) is 6.92 Å². The van der Waals surface area contributed by atoms with E-state index >= 15 is 0 Å². The van der Waals surface area contributed by atoms with Crippen LogP contribution in [0.1, 0.15) is 4.88 Å². The Balaban J connectivity index is 2.07. The summed E-state index contributed by atoms with van der Waals surface area (Å²) < 4.78 is 1.68. The summed E-state index contributed by atoms with van der Waals surface area (Å²) in [7, 11) is 0. The van der Waals surface area contributed by atoms with Crippen LogP contribution in [0.2, 0.25) is 5.28 Å². The molecule has 17 heavy (non-hydrogen) atoms. The molecule has 7 heteroatoms. The minimum atomic E-state index is 0.199. The molecular formula is C10H8ClN5S. The number of halogens is 1. The molecule has 0 saturated heterocycles. The van der Waals surface area contributed by atoms with Crippen molar-refractivity contribution in [3.8, 4) is 0 Å². The molecular weight excluding hydrogens is 258 g/mol. The number of aromatic nitrogens is 4. The summed E-state index contributed by atoms with van der Waals surface area (Å²) in [5.74, 6) is 0.657. The fourth-order valence-corrected chi connectivity index (χ4v) is 2.34. The molecule has 0 aromatic carbocycles. The van der Waals surface area contributed by atoms with Crippen LogP contribution in [0.4, 0.5) is 10.9 Å². The van der Waals surface area contributed by atoms with Crippen molar-refractivity contribution in [3.63, 3.8) is 0 Å². The summed E-state index contributed by atoms with van der Waals surface area (Å²) in [6.45, 7) is 2.00. The maximum Gasteiger partial charge on any atom is 0.243 e. The number of rotatable bonds is 2. The average molecular weight is 266 g/mol. The Bertz CT molecular complexity index is 674. The lowest BCUT2D eigenvalue weighted by Gasteiger charge is -2.04. The van der Waals surface area contributed by atoms with Crippen molar-refractivity contribution in [1.82, 2.24) is 19.6 Å². The molecule has 3 aromatic rings. The predicted octanol–water partition coefficient (Wildman–Crippen LogP) is 2.89. The quantitative estimate of drug-likeness (QED) is 0.774. The second kappa shape index (κ2) is 3.97. The molecule has 1 N–H and O–H groups in total. The first-order chi connectivity index (χ1) is 8.22. The lowest BCUT2D eigenvalue weighted by molar-refractivity contribution is 0.907. The molecule has 0 amide bonds. The standard InChI is InChI=1S/C10H8ClN5S/c1-6-5-12-10(17-6)14-8-7-3-2-4-16(7)15-9(11)13-8/h2-5H,1H3,(H,12,13,14,15). The highest BCUT2D eigenvalue weighted by Gasteiger charge is 2.08. The average Bonchev–Trinajstić information content (AvgIpc) is 2.87. The third-order valence-corrected chi connectivity index (χ3v) is 3.20. The van der Waals surface area contributed by atoms with Gasteiger partial charge in [-0.3, -0.25) is 0 Å². The highest BCUT2D eigenvalue weighted by Crippen LogP contribution is 2.24. The number of hydrogen-bond acceptors (Lipinski definition) is 5. The van der Waals surface area contributed by atoms with Gasteiger partial charge in [-0.25, -0.2) is 9.50 Å². The van der Waals surface area contributed by atoms with Crippen molar-refractivity contribution in [2.24, 2.45) is 0 Å². The lowest BCUT2D eigenvalue weighted by Crippen LogP contribution is -2.00. The third kappa shape index (κ3) is 1.96. The minimum absolute atomic E-state index is 0.199. The van der Waals surface area contributed by atoms with Crippen molar-refractivity contribution in [1.29, 1.82) is 0 Å². The van der Waals surface area contributed by atoms with Crippen LogP contribution in [0, 0.1) is 6.92 Å². The van der Waals surface area contributed by atoms with E-state index in [9.17, 15) is 0 Å². The number of aryl methyl sites for hydroxylation is 1. The molecule has 0 aliphatic heterocycles. The van der Waals surface area contributed by atoms with E-state index in [1.54, 1.807) is 15.9 Å². The van der Waals surface area contributed by atoms with Crippen LogP contribution < -0.4 is 5.32 Å². The Kier molecular flexibility index (Phi) is 2.45. The Morgan fingerprint density at radius 1 is 1.47 bits per heavy atom. The summed E-state index contributed by atoms with van der Waals surface area (Å²) in [6.07, 6.45) is 3.63. The normalized spacial score (nSPS) is 10.9. The predicted molar refractivity (Wildman–Crippen MR) is 68.1 cm³/mol. The molecule has 3 heterocycles. The van der Waals surface area contributed by atoms with Gasteiger partial charge < -0.3 is 5.32 Å². The minimum Gasteiger partial charge on any atom is -0.314 e. The smallest absolute Gasteiger partial charge is 0.243 e. The van der Waals surface area contributed by atoms with Gasteiger partial charge in [0.05, 0.1) is 0 Å². The zero-order valence-electron chi connectivity index (χ0n) is 8.88. The number of hydrogen-bond donors (Lipinski definition) is 1. The molecule has 0 atom stereocenters. The molecule has 3 rings (SSSR count). The molecule has 0 aliphatic carbocycles. The molecule has 0 aliphatic rings. The van der Waals surface area contributed by atoms with E-state index in [0.717, 1.165) is 15.5 Å². The van der Waals surface area contributed by atoms with E-state index in [2.05, 4.69) is 20.4 Å². The number of nitrogens with zero attached hydrogens (tertiary/aromatic N) is 4. The fraction of sp³-hybridized carbons (Fsp3) is 0.100. The summed E-state index contributed by atoms with van der Waals surface area (Å²) in [6, 6.07) is 3.80. The van der Waals surface area contributed by atoms with Crippen molar-refractivity contribution in [3.05, 3.63) is 34.7 Å². The van der Waals surface area contributed by atoms with E-state index in [-0.39, 0.29) is 5.28 Å².